The Morgan fingerprint density at radius 3 is 2.75 bits per heavy atom. The van der Waals surface area contributed by atoms with Gasteiger partial charge in [0.05, 0.1) is 29.8 Å². The van der Waals surface area contributed by atoms with Gasteiger partial charge in [-0.25, -0.2) is 4.79 Å². The first-order chi connectivity index (χ1) is 9.52. The van der Waals surface area contributed by atoms with Crippen LogP contribution in [0.3, 0.4) is 0 Å². The Labute approximate surface area is 116 Å². The van der Waals surface area contributed by atoms with E-state index >= 15 is 0 Å². The van der Waals surface area contributed by atoms with Crippen LogP contribution in [0.4, 0.5) is 0 Å². The highest BCUT2D eigenvalue weighted by atomic mass is 16.5. The lowest BCUT2D eigenvalue weighted by Gasteiger charge is -2.09. The van der Waals surface area contributed by atoms with Crippen molar-refractivity contribution < 1.29 is 19.4 Å². The fourth-order valence-electron chi connectivity index (χ4n) is 2.05. The van der Waals surface area contributed by atoms with Gasteiger partial charge in [-0.3, -0.25) is 9.78 Å². The van der Waals surface area contributed by atoms with E-state index in [0.29, 0.717) is 5.52 Å². The van der Waals surface area contributed by atoms with Gasteiger partial charge in [0, 0.05) is 5.39 Å². The predicted octanol–water partition coefficient (Wildman–Crippen LogP) is 2.35. The van der Waals surface area contributed by atoms with Crippen molar-refractivity contribution in [2.75, 3.05) is 6.61 Å². The van der Waals surface area contributed by atoms with Crippen LogP contribution >= 0.6 is 0 Å². The highest BCUT2D eigenvalue weighted by molar-refractivity contribution is 5.95. The first-order valence-electron chi connectivity index (χ1n) is 6.31. The molecule has 0 aliphatic carbocycles. The predicted molar refractivity (Wildman–Crippen MR) is 73.8 cm³/mol. The smallest absolute Gasteiger partial charge is 0.337 e. The first-order valence-corrected chi connectivity index (χ1v) is 6.31. The van der Waals surface area contributed by atoms with Gasteiger partial charge in [0.2, 0.25) is 0 Å². The van der Waals surface area contributed by atoms with Gasteiger partial charge in [-0.1, -0.05) is 18.2 Å². The highest BCUT2D eigenvalue weighted by Gasteiger charge is 2.17. The number of aromatic nitrogens is 1. The maximum Gasteiger partial charge on any atom is 0.337 e. The molecule has 2 aromatic rings. The molecule has 1 aromatic carbocycles. The van der Waals surface area contributed by atoms with Gasteiger partial charge in [0.1, 0.15) is 0 Å². The number of carbonyl (C=O) groups excluding carboxylic acids is 1. The third kappa shape index (κ3) is 2.77. The second-order valence-corrected chi connectivity index (χ2v) is 4.42. The number of benzene rings is 1. The molecule has 0 unspecified atom stereocenters. The molecule has 0 amide bonds. The summed E-state index contributed by atoms with van der Waals surface area (Å²) in [7, 11) is 0. The molecule has 2 rings (SSSR count). The molecule has 0 spiro atoms. The maximum atomic E-state index is 11.6. The van der Waals surface area contributed by atoms with Crippen molar-refractivity contribution >= 4 is 22.8 Å². The molecular formula is C15H15NO4. The van der Waals surface area contributed by atoms with Crippen LogP contribution in [0.2, 0.25) is 0 Å². The van der Waals surface area contributed by atoms with E-state index in [9.17, 15) is 14.7 Å². The van der Waals surface area contributed by atoms with E-state index in [1.807, 2.05) is 19.1 Å². The van der Waals surface area contributed by atoms with Gasteiger partial charge >= 0.3 is 11.9 Å². The van der Waals surface area contributed by atoms with Crippen LogP contribution in [0.5, 0.6) is 0 Å². The van der Waals surface area contributed by atoms with Crippen molar-refractivity contribution in [1.29, 1.82) is 0 Å². The van der Waals surface area contributed by atoms with Gasteiger partial charge in [0.15, 0.2) is 0 Å². The number of aryl methyl sites for hydroxylation is 1. The van der Waals surface area contributed by atoms with Gasteiger partial charge in [-0.2, -0.15) is 0 Å². The van der Waals surface area contributed by atoms with Crippen molar-refractivity contribution in [3.8, 4) is 0 Å². The third-order valence-electron chi connectivity index (χ3n) is 2.97. The highest BCUT2D eigenvalue weighted by Crippen LogP contribution is 2.20. The fourth-order valence-corrected chi connectivity index (χ4v) is 2.05. The summed E-state index contributed by atoms with van der Waals surface area (Å²) in [6.07, 6.45) is -0.139. The molecule has 0 saturated carbocycles. The number of fused-ring (bicyclic) bond motifs is 1. The van der Waals surface area contributed by atoms with E-state index in [1.165, 1.54) is 0 Å². The molecule has 0 bridgehead atoms. The minimum absolute atomic E-state index is 0.0381. The molecule has 0 aliphatic rings. The number of carbonyl (C=O) groups is 2. The van der Waals surface area contributed by atoms with Crippen LogP contribution in [0.25, 0.3) is 10.9 Å². The van der Waals surface area contributed by atoms with Gasteiger partial charge in [-0.05, 0) is 25.5 Å². The summed E-state index contributed by atoms with van der Waals surface area (Å²) in [4.78, 5) is 27.2. The molecule has 104 valence electrons. The topological polar surface area (TPSA) is 76.5 Å². The number of rotatable bonds is 4. The Kier molecular flexibility index (Phi) is 3.98. The van der Waals surface area contributed by atoms with E-state index < -0.39 is 11.9 Å². The van der Waals surface area contributed by atoms with E-state index in [-0.39, 0.29) is 24.3 Å². The lowest BCUT2D eigenvalue weighted by molar-refractivity contribution is -0.142. The lowest BCUT2D eigenvalue weighted by Crippen LogP contribution is -2.13. The summed E-state index contributed by atoms with van der Waals surface area (Å²) in [6.45, 7) is 3.85. The van der Waals surface area contributed by atoms with E-state index in [4.69, 9.17) is 4.74 Å². The number of para-hydroxylation sites is 1. The van der Waals surface area contributed by atoms with Gasteiger partial charge in [-0.15, -0.1) is 0 Å². The number of aromatic carboxylic acids is 1. The molecule has 0 radical (unpaired) electrons. The SMILES string of the molecule is CCOC(=O)Cc1nc2c(C)cccc2cc1C(=O)O. The van der Waals surface area contributed by atoms with Crippen molar-refractivity contribution in [2.24, 2.45) is 0 Å². The van der Waals surface area contributed by atoms with Crippen molar-refractivity contribution in [1.82, 2.24) is 4.98 Å². The molecule has 0 atom stereocenters. The molecule has 20 heavy (non-hydrogen) atoms. The van der Waals surface area contributed by atoms with Gasteiger partial charge in [0.25, 0.3) is 0 Å². The van der Waals surface area contributed by atoms with Crippen LogP contribution in [0.1, 0.15) is 28.5 Å². The van der Waals surface area contributed by atoms with Crippen molar-refractivity contribution in [3.05, 3.63) is 41.1 Å². The second kappa shape index (κ2) is 5.69. The zero-order chi connectivity index (χ0) is 14.7. The minimum atomic E-state index is -1.10. The Bertz CT molecular complexity index is 679. The molecule has 1 N–H and O–H groups in total. The monoisotopic (exact) mass is 273 g/mol. The Morgan fingerprint density at radius 2 is 2.10 bits per heavy atom. The number of carboxylic acid groups (broad SMARTS) is 1. The number of nitrogens with zero attached hydrogens (tertiary/aromatic N) is 1. The molecule has 5 nitrogen and oxygen atoms in total. The van der Waals surface area contributed by atoms with E-state index in [0.717, 1.165) is 10.9 Å². The number of hydrogen-bond donors (Lipinski definition) is 1. The summed E-state index contributed by atoms with van der Waals surface area (Å²) < 4.78 is 4.85. The minimum Gasteiger partial charge on any atom is -0.478 e. The molecular weight excluding hydrogens is 258 g/mol. The maximum absolute atomic E-state index is 11.6. The second-order valence-electron chi connectivity index (χ2n) is 4.42. The van der Waals surface area contributed by atoms with Crippen LogP contribution in [0, 0.1) is 6.92 Å². The van der Waals surface area contributed by atoms with Crippen molar-refractivity contribution in [3.63, 3.8) is 0 Å². The summed E-state index contributed by atoms with van der Waals surface area (Å²) in [6, 6.07) is 7.09. The molecule has 1 heterocycles. The fraction of sp³-hybridized carbons (Fsp3) is 0.267. The lowest BCUT2D eigenvalue weighted by atomic mass is 10.0. The zero-order valence-corrected chi connectivity index (χ0v) is 11.3. The summed E-state index contributed by atoms with van der Waals surface area (Å²) in [5.41, 5.74) is 1.91. The number of ether oxygens (including phenoxy) is 1. The number of esters is 1. The summed E-state index contributed by atoms with van der Waals surface area (Å²) >= 11 is 0. The Balaban J connectivity index is 2.55. The van der Waals surface area contributed by atoms with E-state index in [1.54, 1.807) is 19.1 Å². The van der Waals surface area contributed by atoms with Crippen molar-refractivity contribution in [2.45, 2.75) is 20.3 Å². The summed E-state index contributed by atoms with van der Waals surface area (Å²) in [5.74, 6) is -1.57. The molecule has 0 aliphatic heterocycles. The average molecular weight is 273 g/mol. The van der Waals surface area contributed by atoms with Crippen LogP contribution in [0.15, 0.2) is 24.3 Å². The standard InChI is InChI=1S/C15H15NO4/c1-3-20-13(17)8-12-11(15(18)19)7-10-6-4-5-9(2)14(10)16-12/h4-7H,3,8H2,1-2H3,(H,18,19). The van der Waals surface area contributed by atoms with Gasteiger partial charge < -0.3 is 9.84 Å². The first kappa shape index (κ1) is 14.0. The quantitative estimate of drug-likeness (QED) is 0.865. The van der Waals surface area contributed by atoms with Crippen LogP contribution in [-0.4, -0.2) is 28.6 Å². The summed E-state index contributed by atoms with van der Waals surface area (Å²) in [5, 5.41) is 9.99. The molecule has 1 aromatic heterocycles. The third-order valence-corrected chi connectivity index (χ3v) is 2.97. The number of pyridine rings is 1. The van der Waals surface area contributed by atoms with Crippen LogP contribution in [-0.2, 0) is 16.0 Å². The number of carboxylic acids is 1. The molecule has 0 saturated heterocycles. The van der Waals surface area contributed by atoms with Crippen LogP contribution < -0.4 is 0 Å². The normalized spacial score (nSPS) is 10.5. The largest absolute Gasteiger partial charge is 0.478 e. The Morgan fingerprint density at radius 1 is 1.35 bits per heavy atom. The Hall–Kier alpha value is -2.43. The zero-order valence-electron chi connectivity index (χ0n) is 11.3. The van der Waals surface area contributed by atoms with E-state index in [2.05, 4.69) is 4.98 Å². The molecule has 5 heteroatoms. The number of hydrogen-bond acceptors (Lipinski definition) is 4. The average Bonchev–Trinajstić information content (AvgIpc) is 2.39. The molecule has 0 fully saturated rings.